The molecule has 0 unspecified atom stereocenters. The van der Waals surface area contributed by atoms with E-state index in [0.717, 1.165) is 9.13 Å². The summed E-state index contributed by atoms with van der Waals surface area (Å²) in [5, 5.41) is 11.6. The Bertz CT molecular complexity index is 839. The summed E-state index contributed by atoms with van der Waals surface area (Å²) >= 11 is 8.18. The molecular weight excluding hydrogens is 431 g/mol. The molecule has 0 saturated heterocycles. The van der Waals surface area contributed by atoms with Gasteiger partial charge in [-0.1, -0.05) is 29.8 Å². The molecule has 1 N–H and O–H groups in total. The van der Waals surface area contributed by atoms with Crippen LogP contribution in [0.4, 0.5) is 5.95 Å². The fraction of sp³-hybridized carbons (Fsp3) is 0.143. The van der Waals surface area contributed by atoms with Crippen molar-refractivity contribution >= 4 is 46.0 Å². The minimum atomic E-state index is -0.301. The van der Waals surface area contributed by atoms with Gasteiger partial charge >= 0.3 is 0 Å². The van der Waals surface area contributed by atoms with Gasteiger partial charge in [0, 0.05) is 12.1 Å². The second-order valence-corrected chi connectivity index (χ2v) is 6.35. The van der Waals surface area contributed by atoms with Gasteiger partial charge in [-0.15, -0.1) is 5.10 Å². The number of halogens is 2. The van der Waals surface area contributed by atoms with Crippen molar-refractivity contribution in [3.8, 4) is 0 Å². The van der Waals surface area contributed by atoms with Gasteiger partial charge in [0.1, 0.15) is 12.0 Å². The standard InChI is InChI=1S/C14H12ClIN6O/c1-21-12(11(16)6-18-21)13(23)19-14-17-8-22(20-14)7-9-4-2-3-5-10(9)15/h2-6,8H,7H2,1H3,(H,19,20,23). The first-order valence-corrected chi connectivity index (χ1v) is 8.12. The highest BCUT2D eigenvalue weighted by Crippen LogP contribution is 2.16. The number of anilines is 1. The largest absolute Gasteiger partial charge is 0.288 e. The van der Waals surface area contributed by atoms with Crippen LogP contribution < -0.4 is 5.32 Å². The summed E-state index contributed by atoms with van der Waals surface area (Å²) in [6.45, 7) is 0.478. The number of aryl methyl sites for hydroxylation is 1. The Morgan fingerprint density at radius 1 is 1.39 bits per heavy atom. The molecule has 7 nitrogen and oxygen atoms in total. The lowest BCUT2D eigenvalue weighted by molar-refractivity contribution is 0.101. The molecule has 2 aromatic heterocycles. The average Bonchev–Trinajstić information content (AvgIpc) is 3.08. The number of nitrogens with one attached hydrogen (secondary N) is 1. The Kier molecular flexibility index (Phi) is 4.62. The average molecular weight is 443 g/mol. The summed E-state index contributed by atoms with van der Waals surface area (Å²) in [5.74, 6) is -0.0658. The van der Waals surface area contributed by atoms with Crippen LogP contribution in [0.5, 0.6) is 0 Å². The zero-order chi connectivity index (χ0) is 16.4. The van der Waals surface area contributed by atoms with E-state index in [4.69, 9.17) is 11.6 Å². The highest BCUT2D eigenvalue weighted by atomic mass is 127. The molecule has 0 aliphatic heterocycles. The molecule has 1 aromatic carbocycles. The molecule has 0 saturated carbocycles. The molecule has 2 heterocycles. The maximum atomic E-state index is 12.3. The number of nitrogens with zero attached hydrogens (tertiary/aromatic N) is 5. The predicted octanol–water partition coefficient (Wildman–Crippen LogP) is 2.57. The molecule has 0 aliphatic carbocycles. The second kappa shape index (κ2) is 6.67. The van der Waals surface area contributed by atoms with E-state index in [9.17, 15) is 4.79 Å². The summed E-state index contributed by atoms with van der Waals surface area (Å²) in [6, 6.07) is 7.51. The first kappa shape index (κ1) is 15.9. The Balaban J connectivity index is 1.73. The Morgan fingerprint density at radius 3 is 2.87 bits per heavy atom. The third-order valence-electron chi connectivity index (χ3n) is 3.16. The van der Waals surface area contributed by atoms with Crippen LogP contribution in [-0.4, -0.2) is 30.5 Å². The van der Waals surface area contributed by atoms with E-state index in [-0.39, 0.29) is 11.9 Å². The zero-order valence-electron chi connectivity index (χ0n) is 12.1. The van der Waals surface area contributed by atoms with Gasteiger partial charge < -0.3 is 0 Å². The SMILES string of the molecule is Cn1ncc(I)c1C(=O)Nc1ncn(Cc2ccccc2Cl)n1. The number of aromatic nitrogens is 5. The second-order valence-electron chi connectivity index (χ2n) is 4.78. The molecule has 23 heavy (non-hydrogen) atoms. The molecular formula is C14H12ClIN6O. The molecule has 0 spiro atoms. The first-order valence-electron chi connectivity index (χ1n) is 6.66. The third kappa shape index (κ3) is 3.53. The Labute approximate surface area is 150 Å². The van der Waals surface area contributed by atoms with Crippen molar-refractivity contribution in [2.24, 2.45) is 7.05 Å². The Morgan fingerprint density at radius 2 is 2.17 bits per heavy atom. The van der Waals surface area contributed by atoms with Gasteiger partial charge in [-0.25, -0.2) is 9.67 Å². The zero-order valence-corrected chi connectivity index (χ0v) is 15.0. The van der Waals surface area contributed by atoms with Crippen LogP contribution in [-0.2, 0) is 13.6 Å². The monoisotopic (exact) mass is 442 g/mol. The number of hydrogen-bond donors (Lipinski definition) is 1. The van der Waals surface area contributed by atoms with Gasteiger partial charge in [0.15, 0.2) is 0 Å². The highest BCUT2D eigenvalue weighted by Gasteiger charge is 2.17. The van der Waals surface area contributed by atoms with E-state index in [0.29, 0.717) is 17.3 Å². The van der Waals surface area contributed by atoms with Crippen molar-refractivity contribution in [3.63, 3.8) is 0 Å². The lowest BCUT2D eigenvalue weighted by Gasteiger charge is -2.04. The molecule has 0 atom stereocenters. The van der Waals surface area contributed by atoms with Crippen molar-refractivity contribution in [2.75, 3.05) is 5.32 Å². The highest BCUT2D eigenvalue weighted by molar-refractivity contribution is 14.1. The van der Waals surface area contributed by atoms with Crippen molar-refractivity contribution < 1.29 is 4.79 Å². The number of rotatable bonds is 4. The third-order valence-corrected chi connectivity index (χ3v) is 4.32. The number of hydrogen-bond acceptors (Lipinski definition) is 4. The minimum Gasteiger partial charge on any atom is -0.288 e. The van der Waals surface area contributed by atoms with Gasteiger partial charge in [0.2, 0.25) is 5.95 Å². The predicted molar refractivity (Wildman–Crippen MR) is 94.5 cm³/mol. The van der Waals surface area contributed by atoms with E-state index in [2.05, 4.69) is 43.1 Å². The van der Waals surface area contributed by atoms with Crippen LogP contribution in [0.25, 0.3) is 0 Å². The fourth-order valence-electron chi connectivity index (χ4n) is 2.06. The van der Waals surface area contributed by atoms with Crippen molar-refractivity contribution in [1.82, 2.24) is 24.5 Å². The summed E-state index contributed by atoms with van der Waals surface area (Å²) in [6.07, 6.45) is 3.17. The summed E-state index contributed by atoms with van der Waals surface area (Å²) < 4.78 is 3.89. The summed E-state index contributed by atoms with van der Waals surface area (Å²) in [7, 11) is 1.71. The molecule has 0 fully saturated rings. The maximum Gasteiger partial charge on any atom is 0.277 e. The lowest BCUT2D eigenvalue weighted by Crippen LogP contribution is -2.18. The lowest BCUT2D eigenvalue weighted by atomic mass is 10.2. The van der Waals surface area contributed by atoms with E-state index < -0.39 is 0 Å². The maximum absolute atomic E-state index is 12.3. The molecule has 0 radical (unpaired) electrons. The first-order chi connectivity index (χ1) is 11.0. The number of amides is 1. The van der Waals surface area contributed by atoms with Crippen molar-refractivity contribution in [1.29, 1.82) is 0 Å². The molecule has 1 amide bonds. The van der Waals surface area contributed by atoms with E-state index in [1.54, 1.807) is 24.3 Å². The quantitative estimate of drug-likeness (QED) is 0.630. The smallest absolute Gasteiger partial charge is 0.277 e. The fourth-order valence-corrected chi connectivity index (χ4v) is 2.97. The molecule has 3 rings (SSSR count). The molecule has 0 aliphatic rings. The van der Waals surface area contributed by atoms with Crippen molar-refractivity contribution in [3.05, 3.63) is 56.6 Å². The topological polar surface area (TPSA) is 77.6 Å². The minimum absolute atomic E-state index is 0.235. The van der Waals surface area contributed by atoms with Crippen LogP contribution in [0.15, 0.2) is 36.8 Å². The van der Waals surface area contributed by atoms with Gasteiger partial charge in [-0.2, -0.15) is 5.10 Å². The van der Waals surface area contributed by atoms with Gasteiger partial charge in [-0.3, -0.25) is 14.8 Å². The van der Waals surface area contributed by atoms with Gasteiger partial charge in [0.25, 0.3) is 5.91 Å². The summed E-state index contributed by atoms with van der Waals surface area (Å²) in [5.41, 5.74) is 1.39. The van der Waals surface area contributed by atoms with Crippen LogP contribution >= 0.6 is 34.2 Å². The number of carbonyl (C=O) groups is 1. The normalized spacial score (nSPS) is 10.7. The Hall–Kier alpha value is -1.94. The molecule has 3 aromatic rings. The van der Waals surface area contributed by atoms with E-state index in [1.807, 2.05) is 24.3 Å². The molecule has 118 valence electrons. The van der Waals surface area contributed by atoms with E-state index in [1.165, 1.54) is 4.68 Å². The van der Waals surface area contributed by atoms with Gasteiger partial charge in [-0.05, 0) is 34.2 Å². The molecule has 0 bridgehead atoms. The number of carbonyl (C=O) groups excluding carboxylic acids is 1. The van der Waals surface area contributed by atoms with E-state index >= 15 is 0 Å². The summed E-state index contributed by atoms with van der Waals surface area (Å²) in [4.78, 5) is 16.3. The van der Waals surface area contributed by atoms with Crippen molar-refractivity contribution in [2.45, 2.75) is 6.54 Å². The van der Waals surface area contributed by atoms with Crippen LogP contribution in [0.2, 0.25) is 5.02 Å². The van der Waals surface area contributed by atoms with Crippen LogP contribution in [0, 0.1) is 3.57 Å². The van der Waals surface area contributed by atoms with Gasteiger partial charge in [0.05, 0.1) is 16.3 Å². The number of benzene rings is 1. The van der Waals surface area contributed by atoms with Crippen LogP contribution in [0.1, 0.15) is 16.1 Å². The molecule has 9 heteroatoms. The van der Waals surface area contributed by atoms with Crippen LogP contribution in [0.3, 0.4) is 0 Å².